The Morgan fingerprint density at radius 1 is 1.09 bits per heavy atom. The molecule has 2 saturated heterocycles. The van der Waals surface area contributed by atoms with Gasteiger partial charge in [-0.1, -0.05) is 48.5 Å². The second-order valence-electron chi connectivity index (χ2n) is 10.2. The van der Waals surface area contributed by atoms with Gasteiger partial charge in [-0.05, 0) is 43.0 Å². The van der Waals surface area contributed by atoms with Gasteiger partial charge in [0.1, 0.15) is 23.3 Å². The number of amides is 2. The van der Waals surface area contributed by atoms with Crippen LogP contribution < -0.4 is 5.32 Å². The molecule has 3 aliphatic rings. The van der Waals surface area contributed by atoms with E-state index in [-0.39, 0.29) is 19.1 Å². The van der Waals surface area contributed by atoms with E-state index in [0.717, 1.165) is 22.3 Å². The Morgan fingerprint density at radius 3 is 2.24 bits per heavy atom. The molecule has 2 fully saturated rings. The largest absolute Gasteiger partial charge is 0.453 e. The number of carbonyl (C=O) groups is 2. The van der Waals surface area contributed by atoms with Crippen LogP contribution in [0.1, 0.15) is 37.8 Å². The highest BCUT2D eigenvalue weighted by Gasteiger charge is 2.65. The number of aliphatic hydroxyl groups is 1. The summed E-state index contributed by atoms with van der Waals surface area (Å²) in [6.07, 6.45) is -2.76. The summed E-state index contributed by atoms with van der Waals surface area (Å²) in [6.45, 7) is 5.55. The lowest BCUT2D eigenvalue weighted by atomic mass is 9.74. The molecule has 2 N–H and O–H groups in total. The van der Waals surface area contributed by atoms with Gasteiger partial charge < -0.3 is 24.6 Å². The fraction of sp³-hybridized carbons (Fsp3) is 0.462. The number of benzene rings is 2. The number of aliphatic hydroxyl groups excluding tert-OH is 1. The lowest BCUT2D eigenvalue weighted by molar-refractivity contribution is 0.0115. The third-order valence-electron chi connectivity index (χ3n) is 6.94. The molecule has 2 heterocycles. The highest BCUT2D eigenvalue weighted by molar-refractivity contribution is 5.81. The van der Waals surface area contributed by atoms with E-state index in [4.69, 9.17) is 14.2 Å². The van der Waals surface area contributed by atoms with Gasteiger partial charge >= 0.3 is 12.2 Å². The summed E-state index contributed by atoms with van der Waals surface area (Å²) in [5.41, 5.74) is 2.37. The Labute approximate surface area is 198 Å². The van der Waals surface area contributed by atoms with E-state index in [0.29, 0.717) is 0 Å². The number of carbonyl (C=O) groups excluding carboxylic acids is 2. The van der Waals surface area contributed by atoms with Gasteiger partial charge in [-0.2, -0.15) is 0 Å². The van der Waals surface area contributed by atoms with Crippen LogP contribution in [0.3, 0.4) is 0 Å². The fourth-order valence-electron chi connectivity index (χ4n) is 5.85. The smallest absolute Gasteiger partial charge is 0.410 e. The Bertz CT molecular complexity index is 1080. The first kappa shape index (κ1) is 22.7. The number of nitrogens with one attached hydrogen (secondary N) is 1. The van der Waals surface area contributed by atoms with E-state index in [1.54, 1.807) is 20.8 Å². The molecule has 180 valence electrons. The van der Waals surface area contributed by atoms with Gasteiger partial charge in [-0.25, -0.2) is 9.59 Å². The van der Waals surface area contributed by atoms with E-state index in [9.17, 15) is 14.7 Å². The summed E-state index contributed by atoms with van der Waals surface area (Å²) in [5.74, 6) is -0.333. The summed E-state index contributed by atoms with van der Waals surface area (Å²) in [7, 11) is 1.31. The standard InChI is InChI=1S/C26H30N2O6/c1-25(2,3)34-23(30)27-26(14-28(24(31)32-4)21-19(29)13-33-22(21)26)20-17-11-7-5-9-15(17)16-10-6-8-12-18(16)20/h5-12,19-22,29H,13-14H2,1-4H3,(H,27,30)/t19-,21+,22-,26+/m0/s1. The molecule has 0 radical (unpaired) electrons. The van der Waals surface area contributed by atoms with Gasteiger partial charge in [0.05, 0.1) is 26.3 Å². The van der Waals surface area contributed by atoms with Gasteiger partial charge in [0.25, 0.3) is 0 Å². The molecule has 0 unspecified atom stereocenters. The number of nitrogens with zero attached hydrogens (tertiary/aromatic N) is 1. The summed E-state index contributed by atoms with van der Waals surface area (Å²) in [5, 5.41) is 13.9. The molecular weight excluding hydrogens is 436 g/mol. The molecule has 5 rings (SSSR count). The van der Waals surface area contributed by atoms with Gasteiger partial charge in [0, 0.05) is 5.92 Å². The number of ether oxygens (including phenoxy) is 3. The van der Waals surface area contributed by atoms with Crippen LogP contribution in [0.4, 0.5) is 9.59 Å². The SMILES string of the molecule is COC(=O)N1C[C@@](NC(=O)OC(C)(C)C)(C2c3ccccc3-c3ccccc32)[C@H]2OC[C@H](O)[C@H]21. The molecule has 0 spiro atoms. The van der Waals surface area contributed by atoms with Gasteiger partial charge in [0.2, 0.25) is 0 Å². The van der Waals surface area contributed by atoms with E-state index < -0.39 is 41.6 Å². The first-order valence-electron chi connectivity index (χ1n) is 11.5. The van der Waals surface area contributed by atoms with Crippen molar-refractivity contribution in [2.75, 3.05) is 20.3 Å². The lowest BCUT2D eigenvalue weighted by Gasteiger charge is -2.40. The molecule has 0 bridgehead atoms. The lowest BCUT2D eigenvalue weighted by Crippen LogP contribution is -2.61. The Hall–Kier alpha value is -3.10. The van der Waals surface area contributed by atoms with Crippen LogP contribution >= 0.6 is 0 Å². The van der Waals surface area contributed by atoms with Crippen LogP contribution in [-0.2, 0) is 14.2 Å². The zero-order chi connectivity index (χ0) is 24.3. The van der Waals surface area contributed by atoms with Crippen LogP contribution in [0, 0.1) is 0 Å². The highest BCUT2D eigenvalue weighted by Crippen LogP contribution is 2.54. The second-order valence-corrected chi connectivity index (χ2v) is 10.2. The number of fused-ring (bicyclic) bond motifs is 4. The Morgan fingerprint density at radius 2 is 1.68 bits per heavy atom. The van der Waals surface area contributed by atoms with Crippen molar-refractivity contribution in [3.63, 3.8) is 0 Å². The van der Waals surface area contributed by atoms with E-state index >= 15 is 0 Å². The van der Waals surface area contributed by atoms with Crippen molar-refractivity contribution in [3.8, 4) is 11.1 Å². The molecule has 8 heteroatoms. The number of hydrogen-bond acceptors (Lipinski definition) is 6. The van der Waals surface area contributed by atoms with Gasteiger partial charge in [-0.15, -0.1) is 0 Å². The van der Waals surface area contributed by atoms with Crippen molar-refractivity contribution >= 4 is 12.2 Å². The topological polar surface area (TPSA) is 97.3 Å². The number of alkyl carbamates (subject to hydrolysis) is 1. The molecule has 0 saturated carbocycles. The van der Waals surface area contributed by atoms with Gasteiger partial charge in [0.15, 0.2) is 0 Å². The summed E-state index contributed by atoms with van der Waals surface area (Å²) < 4.78 is 16.8. The Kier molecular flexibility index (Phi) is 5.33. The molecule has 2 aromatic carbocycles. The Balaban J connectivity index is 1.69. The van der Waals surface area contributed by atoms with Crippen molar-refractivity contribution in [1.29, 1.82) is 0 Å². The van der Waals surface area contributed by atoms with Crippen molar-refractivity contribution in [2.45, 2.75) is 56.1 Å². The third kappa shape index (κ3) is 3.44. The summed E-state index contributed by atoms with van der Waals surface area (Å²) in [4.78, 5) is 27.5. The van der Waals surface area contributed by atoms with Crippen LogP contribution in [0.5, 0.6) is 0 Å². The molecule has 2 aliphatic heterocycles. The van der Waals surface area contributed by atoms with Crippen LogP contribution in [-0.4, -0.2) is 71.8 Å². The molecule has 4 atom stereocenters. The van der Waals surface area contributed by atoms with Crippen molar-refractivity contribution in [2.24, 2.45) is 0 Å². The van der Waals surface area contributed by atoms with Crippen molar-refractivity contribution in [1.82, 2.24) is 10.2 Å². The van der Waals surface area contributed by atoms with Gasteiger partial charge in [-0.3, -0.25) is 4.90 Å². The number of rotatable bonds is 2. The maximum atomic E-state index is 13.2. The second kappa shape index (κ2) is 7.99. The van der Waals surface area contributed by atoms with E-state index in [1.165, 1.54) is 12.0 Å². The van der Waals surface area contributed by atoms with Crippen molar-refractivity contribution < 1.29 is 28.9 Å². The minimum absolute atomic E-state index is 0.0522. The number of methoxy groups -OCH3 is 1. The average molecular weight is 467 g/mol. The molecule has 1 aliphatic carbocycles. The molecule has 0 aromatic heterocycles. The van der Waals surface area contributed by atoms with Crippen LogP contribution in [0.25, 0.3) is 11.1 Å². The van der Waals surface area contributed by atoms with Crippen molar-refractivity contribution in [3.05, 3.63) is 59.7 Å². The van der Waals surface area contributed by atoms with E-state index in [1.807, 2.05) is 36.4 Å². The summed E-state index contributed by atoms with van der Waals surface area (Å²) in [6, 6.07) is 15.4. The predicted octanol–water partition coefficient (Wildman–Crippen LogP) is 3.27. The maximum absolute atomic E-state index is 13.2. The minimum atomic E-state index is -1.10. The minimum Gasteiger partial charge on any atom is -0.453 e. The first-order chi connectivity index (χ1) is 16.2. The molecule has 8 nitrogen and oxygen atoms in total. The zero-order valence-electron chi connectivity index (χ0n) is 19.8. The quantitative estimate of drug-likeness (QED) is 0.705. The van der Waals surface area contributed by atoms with E-state index in [2.05, 4.69) is 17.4 Å². The highest BCUT2D eigenvalue weighted by atomic mass is 16.6. The molecule has 2 aromatic rings. The molecular formula is C26H30N2O6. The zero-order valence-corrected chi connectivity index (χ0v) is 19.8. The monoisotopic (exact) mass is 466 g/mol. The predicted molar refractivity (Wildman–Crippen MR) is 124 cm³/mol. The van der Waals surface area contributed by atoms with Crippen LogP contribution in [0.2, 0.25) is 0 Å². The number of hydrogen-bond donors (Lipinski definition) is 2. The van der Waals surface area contributed by atoms with Crippen LogP contribution in [0.15, 0.2) is 48.5 Å². The molecule has 2 amide bonds. The maximum Gasteiger partial charge on any atom is 0.410 e. The average Bonchev–Trinajstić information content (AvgIpc) is 3.43. The number of likely N-dealkylation sites (tertiary alicyclic amines) is 1. The first-order valence-corrected chi connectivity index (χ1v) is 11.5. The molecule has 34 heavy (non-hydrogen) atoms. The fourth-order valence-corrected chi connectivity index (χ4v) is 5.85. The summed E-state index contributed by atoms with van der Waals surface area (Å²) >= 11 is 0. The normalized spacial score (nSPS) is 27.7. The third-order valence-corrected chi connectivity index (χ3v) is 6.94.